The van der Waals surface area contributed by atoms with Gasteiger partial charge in [0.05, 0.1) is 17.4 Å². The van der Waals surface area contributed by atoms with Crippen molar-refractivity contribution in [3.63, 3.8) is 0 Å². The van der Waals surface area contributed by atoms with E-state index in [2.05, 4.69) is 60.1 Å². The molecule has 0 radical (unpaired) electrons. The summed E-state index contributed by atoms with van der Waals surface area (Å²) in [6.45, 7) is 6.30. The number of benzene rings is 3. The van der Waals surface area contributed by atoms with Crippen LogP contribution >= 0.6 is 11.8 Å². The predicted octanol–water partition coefficient (Wildman–Crippen LogP) is 5.34. The number of hydrogen-bond acceptors (Lipinski definition) is 4. The molecule has 158 valence electrons. The maximum atomic E-state index is 13.3. The van der Waals surface area contributed by atoms with Gasteiger partial charge in [-0.25, -0.2) is 0 Å². The fraction of sp³-hybridized carbons (Fsp3) is 0.115. The van der Waals surface area contributed by atoms with Gasteiger partial charge in [-0.1, -0.05) is 90.6 Å². The monoisotopic (exact) mass is 438 g/mol. The van der Waals surface area contributed by atoms with Crippen LogP contribution in [-0.2, 0) is 12.3 Å². The molecule has 2 aromatic heterocycles. The van der Waals surface area contributed by atoms with E-state index < -0.39 is 0 Å². The molecule has 0 saturated heterocycles. The normalized spacial score (nSPS) is 11.3. The van der Waals surface area contributed by atoms with Crippen molar-refractivity contribution in [2.75, 3.05) is 0 Å². The van der Waals surface area contributed by atoms with Crippen molar-refractivity contribution in [3.8, 4) is 0 Å². The second-order valence-corrected chi connectivity index (χ2v) is 8.69. The molecule has 0 unspecified atom stereocenters. The van der Waals surface area contributed by atoms with Gasteiger partial charge in [-0.15, -0.1) is 10.2 Å². The molecule has 0 bridgehead atoms. The molecule has 0 amide bonds. The summed E-state index contributed by atoms with van der Waals surface area (Å²) in [7, 11) is 0. The lowest BCUT2D eigenvalue weighted by atomic mass is 10.1. The maximum Gasteiger partial charge on any atom is 0.263 e. The molecular formula is C26H22N4OS. The standard InChI is InChI=1S/C26H22N4OS/c1-3-19-12-14-21(15-13-19)17-32-26-28-27-25-29(16-20-10-8-18(2)9-11-20)24(31)22-6-4-5-7-23(22)30(25)26/h3-15H,1,16-17H2,2H3. The van der Waals surface area contributed by atoms with Gasteiger partial charge in [-0.2, -0.15) is 0 Å². The number of aryl methyl sites for hydroxylation is 1. The van der Waals surface area contributed by atoms with Gasteiger partial charge < -0.3 is 0 Å². The van der Waals surface area contributed by atoms with E-state index in [1.54, 1.807) is 16.3 Å². The molecule has 0 aliphatic rings. The van der Waals surface area contributed by atoms with Crippen molar-refractivity contribution >= 4 is 34.5 Å². The molecular weight excluding hydrogens is 416 g/mol. The summed E-state index contributed by atoms with van der Waals surface area (Å²) >= 11 is 1.61. The zero-order chi connectivity index (χ0) is 22.1. The number of hydrogen-bond donors (Lipinski definition) is 0. The van der Waals surface area contributed by atoms with Crippen molar-refractivity contribution in [1.29, 1.82) is 0 Å². The number of fused-ring (bicyclic) bond motifs is 3. The highest BCUT2D eigenvalue weighted by molar-refractivity contribution is 7.98. The Kier molecular flexibility index (Phi) is 5.37. The number of thioether (sulfide) groups is 1. The topological polar surface area (TPSA) is 52.2 Å². The van der Waals surface area contributed by atoms with Gasteiger partial charge in [-0.05, 0) is 35.7 Å². The van der Waals surface area contributed by atoms with E-state index in [0.717, 1.165) is 27.6 Å². The fourth-order valence-electron chi connectivity index (χ4n) is 3.74. The van der Waals surface area contributed by atoms with E-state index in [-0.39, 0.29) is 5.56 Å². The lowest BCUT2D eigenvalue weighted by molar-refractivity contribution is 0.763. The highest BCUT2D eigenvalue weighted by atomic mass is 32.2. The van der Waals surface area contributed by atoms with E-state index in [4.69, 9.17) is 0 Å². The molecule has 0 fully saturated rings. The van der Waals surface area contributed by atoms with Crippen LogP contribution in [0.2, 0.25) is 0 Å². The zero-order valence-corrected chi connectivity index (χ0v) is 18.5. The Morgan fingerprint density at radius 1 is 0.938 bits per heavy atom. The van der Waals surface area contributed by atoms with Crippen LogP contribution in [0.15, 0.2) is 89.3 Å². The predicted molar refractivity (Wildman–Crippen MR) is 131 cm³/mol. The number of rotatable bonds is 6. The van der Waals surface area contributed by atoms with Crippen molar-refractivity contribution in [3.05, 3.63) is 112 Å². The van der Waals surface area contributed by atoms with Crippen molar-refractivity contribution in [2.45, 2.75) is 24.4 Å². The van der Waals surface area contributed by atoms with Crippen LogP contribution in [0.1, 0.15) is 22.3 Å². The molecule has 0 aliphatic carbocycles. The molecule has 2 heterocycles. The van der Waals surface area contributed by atoms with Crippen LogP contribution in [0.25, 0.3) is 22.8 Å². The minimum absolute atomic E-state index is 0.0577. The first-order valence-electron chi connectivity index (χ1n) is 10.4. The van der Waals surface area contributed by atoms with E-state index in [9.17, 15) is 4.79 Å². The Hall–Kier alpha value is -3.64. The van der Waals surface area contributed by atoms with Crippen LogP contribution in [0.3, 0.4) is 0 Å². The van der Waals surface area contributed by atoms with Gasteiger partial charge >= 0.3 is 0 Å². The first-order chi connectivity index (χ1) is 15.6. The van der Waals surface area contributed by atoms with Crippen LogP contribution < -0.4 is 5.56 Å². The number of nitrogens with zero attached hydrogens (tertiary/aromatic N) is 4. The van der Waals surface area contributed by atoms with Crippen molar-refractivity contribution < 1.29 is 0 Å². The highest BCUT2D eigenvalue weighted by Gasteiger charge is 2.17. The SMILES string of the molecule is C=Cc1ccc(CSc2nnc3n(Cc4ccc(C)cc4)c(=O)c4ccccc4n23)cc1. The maximum absolute atomic E-state index is 13.3. The van der Waals surface area contributed by atoms with Crippen LogP contribution in [0.4, 0.5) is 0 Å². The zero-order valence-electron chi connectivity index (χ0n) is 17.7. The minimum Gasteiger partial charge on any atom is -0.272 e. The van der Waals surface area contributed by atoms with E-state index in [1.807, 2.05) is 46.9 Å². The van der Waals surface area contributed by atoms with Crippen LogP contribution in [-0.4, -0.2) is 19.2 Å². The van der Waals surface area contributed by atoms with Crippen molar-refractivity contribution in [2.24, 2.45) is 0 Å². The lowest BCUT2D eigenvalue weighted by Crippen LogP contribution is -2.24. The van der Waals surface area contributed by atoms with Crippen molar-refractivity contribution in [1.82, 2.24) is 19.2 Å². The largest absolute Gasteiger partial charge is 0.272 e. The summed E-state index contributed by atoms with van der Waals surface area (Å²) in [6, 6.07) is 24.2. The van der Waals surface area contributed by atoms with Gasteiger partial charge in [0.25, 0.3) is 5.56 Å². The number of para-hydroxylation sites is 1. The Bertz CT molecular complexity index is 1480. The molecule has 5 rings (SSSR count). The second kappa shape index (κ2) is 8.48. The molecule has 0 saturated carbocycles. The van der Waals surface area contributed by atoms with Gasteiger partial charge in [0.15, 0.2) is 5.16 Å². The Morgan fingerprint density at radius 2 is 1.66 bits per heavy atom. The smallest absolute Gasteiger partial charge is 0.263 e. The third-order valence-electron chi connectivity index (χ3n) is 5.52. The summed E-state index contributed by atoms with van der Waals surface area (Å²) in [6.07, 6.45) is 1.84. The van der Waals surface area contributed by atoms with E-state index in [0.29, 0.717) is 17.7 Å². The second-order valence-electron chi connectivity index (χ2n) is 7.75. The average Bonchev–Trinajstić information content (AvgIpc) is 3.26. The van der Waals surface area contributed by atoms with Gasteiger partial charge in [-0.3, -0.25) is 13.8 Å². The minimum atomic E-state index is -0.0577. The summed E-state index contributed by atoms with van der Waals surface area (Å²) in [5, 5.41) is 10.3. The first kappa shape index (κ1) is 20.3. The average molecular weight is 439 g/mol. The molecule has 0 aliphatic heterocycles. The summed E-state index contributed by atoms with van der Waals surface area (Å²) in [5.41, 5.74) is 5.29. The molecule has 5 aromatic rings. The van der Waals surface area contributed by atoms with Gasteiger partial charge in [0.2, 0.25) is 5.78 Å². The van der Waals surface area contributed by atoms with Crippen LogP contribution in [0, 0.1) is 6.92 Å². The molecule has 6 heteroatoms. The van der Waals surface area contributed by atoms with E-state index in [1.165, 1.54) is 11.1 Å². The summed E-state index contributed by atoms with van der Waals surface area (Å²) in [4.78, 5) is 13.3. The third-order valence-corrected chi connectivity index (χ3v) is 6.52. The molecule has 0 atom stereocenters. The fourth-order valence-corrected chi connectivity index (χ4v) is 4.64. The molecule has 0 spiro atoms. The first-order valence-corrected chi connectivity index (χ1v) is 11.4. The lowest BCUT2D eigenvalue weighted by Gasteiger charge is -2.11. The quantitative estimate of drug-likeness (QED) is 0.336. The molecule has 32 heavy (non-hydrogen) atoms. The summed E-state index contributed by atoms with van der Waals surface area (Å²) < 4.78 is 3.70. The summed E-state index contributed by atoms with van der Waals surface area (Å²) in [5.74, 6) is 1.31. The van der Waals surface area contributed by atoms with Crippen LogP contribution in [0.5, 0.6) is 0 Å². The van der Waals surface area contributed by atoms with Gasteiger partial charge in [0.1, 0.15) is 0 Å². The Balaban J connectivity index is 1.59. The number of aromatic nitrogens is 4. The Morgan fingerprint density at radius 3 is 2.41 bits per heavy atom. The third kappa shape index (κ3) is 3.74. The Labute approximate surface area is 190 Å². The molecule has 3 aromatic carbocycles. The van der Waals surface area contributed by atoms with E-state index >= 15 is 0 Å². The molecule has 0 N–H and O–H groups in total. The van der Waals surface area contributed by atoms with Gasteiger partial charge in [0, 0.05) is 5.75 Å². The highest BCUT2D eigenvalue weighted by Crippen LogP contribution is 2.25. The molecule has 5 nitrogen and oxygen atoms in total.